The number of carbonyl (C=O) groups excluding carboxylic acids is 1. The van der Waals surface area contributed by atoms with Crippen molar-refractivity contribution < 1.29 is 14.6 Å². The Labute approximate surface area is 102 Å². The Morgan fingerprint density at radius 3 is 2.71 bits per heavy atom. The van der Waals surface area contributed by atoms with Crippen LogP contribution in [0.15, 0.2) is 0 Å². The van der Waals surface area contributed by atoms with Gasteiger partial charge in [0.1, 0.15) is 0 Å². The van der Waals surface area contributed by atoms with Crippen molar-refractivity contribution in [2.24, 2.45) is 0 Å². The number of nitrogens with one attached hydrogen (secondary N) is 1. The summed E-state index contributed by atoms with van der Waals surface area (Å²) in [5.74, 6) is 0. The molecule has 2 N–H and O–H groups in total. The maximum absolute atomic E-state index is 12.0. The van der Waals surface area contributed by atoms with Crippen molar-refractivity contribution in [1.29, 1.82) is 0 Å². The van der Waals surface area contributed by atoms with Gasteiger partial charge in [0.2, 0.25) is 0 Å². The molecule has 98 valence electrons. The van der Waals surface area contributed by atoms with Crippen LogP contribution in [0.2, 0.25) is 0 Å². The molecule has 5 nitrogen and oxygen atoms in total. The second kappa shape index (κ2) is 5.69. The number of nitrogens with zero attached hydrogens (tertiary/aromatic N) is 1. The summed E-state index contributed by atoms with van der Waals surface area (Å²) >= 11 is 0. The molecule has 17 heavy (non-hydrogen) atoms. The number of morpholine rings is 1. The number of hydrogen-bond acceptors (Lipinski definition) is 3. The van der Waals surface area contributed by atoms with E-state index in [9.17, 15) is 9.90 Å². The lowest BCUT2D eigenvalue weighted by Crippen LogP contribution is -2.51. The van der Waals surface area contributed by atoms with Crippen molar-refractivity contribution in [2.45, 2.75) is 50.9 Å². The van der Waals surface area contributed by atoms with E-state index in [-0.39, 0.29) is 24.3 Å². The van der Waals surface area contributed by atoms with Gasteiger partial charge >= 0.3 is 6.03 Å². The van der Waals surface area contributed by atoms with Crippen LogP contribution >= 0.6 is 0 Å². The number of ether oxygens (including phenoxy) is 1. The number of urea groups is 1. The smallest absolute Gasteiger partial charge is 0.317 e. The van der Waals surface area contributed by atoms with E-state index >= 15 is 0 Å². The first-order valence-corrected chi connectivity index (χ1v) is 6.50. The van der Waals surface area contributed by atoms with Crippen molar-refractivity contribution >= 4 is 6.03 Å². The van der Waals surface area contributed by atoms with Crippen LogP contribution in [0.5, 0.6) is 0 Å². The predicted octanol–water partition coefficient (Wildman–Crippen LogP) is 0.720. The van der Waals surface area contributed by atoms with E-state index in [0.717, 1.165) is 25.7 Å². The monoisotopic (exact) mass is 242 g/mol. The Balaban J connectivity index is 1.76. The molecule has 0 aromatic rings. The summed E-state index contributed by atoms with van der Waals surface area (Å²) in [7, 11) is 0. The third-order valence-corrected chi connectivity index (χ3v) is 3.55. The standard InChI is InChI=1S/C12H22N2O3/c1-9-8-14(6-7-17-9)12(16)13-10-2-4-11(15)5-3-10/h9-11,15H,2-8H2,1H3,(H,13,16). The quantitative estimate of drug-likeness (QED) is 0.712. The topological polar surface area (TPSA) is 61.8 Å². The van der Waals surface area contributed by atoms with Crippen LogP contribution in [0.3, 0.4) is 0 Å². The fraction of sp³-hybridized carbons (Fsp3) is 0.917. The Kier molecular flexibility index (Phi) is 4.23. The zero-order chi connectivity index (χ0) is 12.3. The fourth-order valence-corrected chi connectivity index (χ4v) is 2.49. The zero-order valence-electron chi connectivity index (χ0n) is 10.4. The largest absolute Gasteiger partial charge is 0.393 e. The number of hydrogen-bond donors (Lipinski definition) is 2. The predicted molar refractivity (Wildman–Crippen MR) is 63.8 cm³/mol. The summed E-state index contributed by atoms with van der Waals surface area (Å²) in [5, 5.41) is 12.5. The average Bonchev–Trinajstić information content (AvgIpc) is 2.32. The summed E-state index contributed by atoms with van der Waals surface area (Å²) in [6.45, 7) is 3.95. The van der Waals surface area contributed by atoms with Crippen LogP contribution in [0.1, 0.15) is 32.6 Å². The normalized spacial score (nSPS) is 34.5. The number of carbonyl (C=O) groups is 1. The summed E-state index contributed by atoms with van der Waals surface area (Å²) < 4.78 is 5.41. The summed E-state index contributed by atoms with van der Waals surface area (Å²) in [5.41, 5.74) is 0. The number of amides is 2. The molecule has 1 aliphatic heterocycles. The molecule has 2 aliphatic rings. The molecule has 0 bridgehead atoms. The molecule has 1 saturated carbocycles. The number of rotatable bonds is 1. The van der Waals surface area contributed by atoms with E-state index in [0.29, 0.717) is 19.7 Å². The average molecular weight is 242 g/mol. The van der Waals surface area contributed by atoms with E-state index < -0.39 is 0 Å². The molecule has 2 rings (SSSR count). The fourth-order valence-electron chi connectivity index (χ4n) is 2.49. The summed E-state index contributed by atoms with van der Waals surface area (Å²) in [6.07, 6.45) is 3.31. The van der Waals surface area contributed by atoms with Crippen LogP contribution in [-0.2, 0) is 4.74 Å². The van der Waals surface area contributed by atoms with Crippen molar-refractivity contribution in [3.8, 4) is 0 Å². The van der Waals surface area contributed by atoms with Gasteiger partial charge in [-0.25, -0.2) is 4.79 Å². The lowest BCUT2D eigenvalue weighted by atomic mass is 9.93. The molecular weight excluding hydrogens is 220 g/mol. The molecule has 0 aromatic heterocycles. The van der Waals surface area contributed by atoms with Gasteiger partial charge in [-0.15, -0.1) is 0 Å². The molecule has 1 atom stereocenters. The Bertz CT molecular complexity index is 264. The molecular formula is C12H22N2O3. The summed E-state index contributed by atoms with van der Waals surface area (Å²) in [4.78, 5) is 13.8. The molecule has 0 radical (unpaired) electrons. The van der Waals surface area contributed by atoms with Crippen LogP contribution in [0.25, 0.3) is 0 Å². The molecule has 1 heterocycles. The highest BCUT2D eigenvalue weighted by molar-refractivity contribution is 5.74. The van der Waals surface area contributed by atoms with Gasteiger partial charge in [0.05, 0.1) is 18.8 Å². The van der Waals surface area contributed by atoms with Crippen molar-refractivity contribution in [1.82, 2.24) is 10.2 Å². The van der Waals surface area contributed by atoms with Gasteiger partial charge in [0.15, 0.2) is 0 Å². The first-order valence-electron chi connectivity index (χ1n) is 6.50. The zero-order valence-corrected chi connectivity index (χ0v) is 10.4. The van der Waals surface area contributed by atoms with Crippen molar-refractivity contribution in [2.75, 3.05) is 19.7 Å². The first-order chi connectivity index (χ1) is 8.15. The molecule has 1 unspecified atom stereocenters. The Morgan fingerprint density at radius 1 is 1.35 bits per heavy atom. The van der Waals surface area contributed by atoms with Gasteiger partial charge < -0.3 is 20.1 Å². The van der Waals surface area contributed by atoms with E-state index in [2.05, 4.69) is 5.32 Å². The molecule has 0 aromatic carbocycles. The highest BCUT2D eigenvalue weighted by atomic mass is 16.5. The van der Waals surface area contributed by atoms with E-state index in [4.69, 9.17) is 4.74 Å². The molecule has 0 spiro atoms. The molecule has 2 fully saturated rings. The van der Waals surface area contributed by atoms with Gasteiger partial charge in [-0.3, -0.25) is 0 Å². The third-order valence-electron chi connectivity index (χ3n) is 3.55. The minimum Gasteiger partial charge on any atom is -0.393 e. The van der Waals surface area contributed by atoms with Crippen LogP contribution < -0.4 is 5.32 Å². The van der Waals surface area contributed by atoms with Crippen LogP contribution in [-0.4, -0.2) is 54.0 Å². The van der Waals surface area contributed by atoms with Gasteiger partial charge in [-0.1, -0.05) is 0 Å². The van der Waals surface area contributed by atoms with E-state index in [1.165, 1.54) is 0 Å². The number of aliphatic hydroxyl groups excluding tert-OH is 1. The highest BCUT2D eigenvalue weighted by Crippen LogP contribution is 2.18. The maximum Gasteiger partial charge on any atom is 0.317 e. The minimum atomic E-state index is -0.174. The second-order valence-corrected chi connectivity index (χ2v) is 5.08. The first kappa shape index (κ1) is 12.6. The minimum absolute atomic E-state index is 0.0153. The highest BCUT2D eigenvalue weighted by Gasteiger charge is 2.25. The molecule has 1 saturated heterocycles. The van der Waals surface area contributed by atoms with E-state index in [1.54, 1.807) is 0 Å². The van der Waals surface area contributed by atoms with E-state index in [1.807, 2.05) is 11.8 Å². The Morgan fingerprint density at radius 2 is 2.06 bits per heavy atom. The molecule has 1 aliphatic carbocycles. The molecule has 2 amide bonds. The van der Waals surface area contributed by atoms with Crippen LogP contribution in [0.4, 0.5) is 4.79 Å². The molecule has 5 heteroatoms. The van der Waals surface area contributed by atoms with Gasteiger partial charge in [-0.2, -0.15) is 0 Å². The SMILES string of the molecule is CC1CN(C(=O)NC2CCC(O)CC2)CCO1. The lowest BCUT2D eigenvalue weighted by molar-refractivity contribution is -0.00428. The lowest BCUT2D eigenvalue weighted by Gasteiger charge is -2.34. The maximum atomic E-state index is 12.0. The van der Waals surface area contributed by atoms with Gasteiger partial charge in [0, 0.05) is 19.1 Å². The van der Waals surface area contributed by atoms with Crippen molar-refractivity contribution in [3.63, 3.8) is 0 Å². The van der Waals surface area contributed by atoms with Crippen molar-refractivity contribution in [3.05, 3.63) is 0 Å². The van der Waals surface area contributed by atoms with Gasteiger partial charge in [0.25, 0.3) is 0 Å². The summed E-state index contributed by atoms with van der Waals surface area (Å²) in [6, 6.07) is 0.241. The van der Waals surface area contributed by atoms with Gasteiger partial charge in [-0.05, 0) is 32.6 Å². The second-order valence-electron chi connectivity index (χ2n) is 5.08. The third kappa shape index (κ3) is 3.57. The number of aliphatic hydroxyl groups is 1. The Hall–Kier alpha value is -0.810. The van der Waals surface area contributed by atoms with Crippen LogP contribution in [0, 0.1) is 0 Å².